The molecule has 72 valence electrons. The van der Waals surface area contributed by atoms with Crippen LogP contribution in [-0.2, 0) is 16.0 Å². The van der Waals surface area contributed by atoms with Crippen molar-refractivity contribution in [1.29, 1.82) is 0 Å². The first-order valence-electron chi connectivity index (χ1n) is 4.22. The summed E-state index contributed by atoms with van der Waals surface area (Å²) < 4.78 is 4.82. The zero-order valence-corrected chi connectivity index (χ0v) is 8.90. The Hall–Kier alpha value is -0.900. The summed E-state index contributed by atoms with van der Waals surface area (Å²) in [7, 11) is 0. The van der Waals surface area contributed by atoms with Crippen LogP contribution in [0.25, 0.3) is 0 Å². The minimum absolute atomic E-state index is 0.198. The molecule has 1 rings (SSSR count). The van der Waals surface area contributed by atoms with Crippen LogP contribution in [0.15, 0.2) is 0 Å². The number of aryl methyl sites for hydroxylation is 2. The Balaban J connectivity index is 2.59. The third-order valence-electron chi connectivity index (χ3n) is 1.67. The molecule has 0 atom stereocenters. The number of hydrogen-bond donors (Lipinski definition) is 0. The van der Waals surface area contributed by atoms with E-state index in [0.717, 1.165) is 10.7 Å². The molecule has 0 N–H and O–H groups in total. The average Bonchev–Trinajstić information content (AvgIpc) is 2.31. The lowest BCUT2D eigenvalue weighted by Gasteiger charge is -1.97. The molecule has 0 aliphatic rings. The Bertz CT molecular complexity index is 287. The van der Waals surface area contributed by atoms with Gasteiger partial charge in [-0.2, -0.15) is 0 Å². The first-order valence-corrected chi connectivity index (χ1v) is 5.03. The van der Waals surface area contributed by atoms with Gasteiger partial charge in [0.05, 0.1) is 18.7 Å². The Kier molecular flexibility index (Phi) is 3.42. The highest BCUT2D eigenvalue weighted by Gasteiger charge is 2.09. The fraction of sp³-hybridized carbons (Fsp3) is 0.556. The van der Waals surface area contributed by atoms with Gasteiger partial charge in [0.1, 0.15) is 5.01 Å². The average molecular weight is 199 g/mol. The van der Waals surface area contributed by atoms with Crippen LogP contribution in [0, 0.1) is 13.8 Å². The normalized spacial score (nSPS) is 10.1. The van der Waals surface area contributed by atoms with Gasteiger partial charge in [-0.05, 0) is 20.8 Å². The number of rotatable bonds is 3. The van der Waals surface area contributed by atoms with E-state index in [9.17, 15) is 4.79 Å². The highest BCUT2D eigenvalue weighted by molar-refractivity contribution is 7.11. The summed E-state index contributed by atoms with van der Waals surface area (Å²) in [6.07, 6.45) is 0.299. The smallest absolute Gasteiger partial charge is 0.312 e. The summed E-state index contributed by atoms with van der Waals surface area (Å²) in [5, 5.41) is 0.841. The van der Waals surface area contributed by atoms with Crippen LogP contribution in [0.4, 0.5) is 0 Å². The molecule has 0 spiro atoms. The van der Waals surface area contributed by atoms with E-state index >= 15 is 0 Å². The maximum Gasteiger partial charge on any atom is 0.312 e. The van der Waals surface area contributed by atoms with Gasteiger partial charge in [-0.1, -0.05) is 0 Å². The van der Waals surface area contributed by atoms with Crippen molar-refractivity contribution in [2.24, 2.45) is 0 Å². The van der Waals surface area contributed by atoms with Gasteiger partial charge in [0.2, 0.25) is 0 Å². The lowest BCUT2D eigenvalue weighted by Crippen LogP contribution is -2.07. The summed E-state index contributed by atoms with van der Waals surface area (Å²) >= 11 is 1.56. The molecule has 0 saturated heterocycles. The molecule has 0 aliphatic heterocycles. The molecule has 1 heterocycles. The number of ether oxygens (including phenoxy) is 1. The van der Waals surface area contributed by atoms with E-state index in [2.05, 4.69) is 4.98 Å². The number of carbonyl (C=O) groups is 1. The fourth-order valence-corrected chi connectivity index (χ4v) is 1.87. The molecule has 0 bridgehead atoms. The second-order valence-corrected chi connectivity index (χ2v) is 4.02. The molecule has 0 radical (unpaired) electrons. The zero-order valence-electron chi connectivity index (χ0n) is 8.09. The molecule has 0 amide bonds. The second kappa shape index (κ2) is 4.37. The molecule has 4 heteroatoms. The third kappa shape index (κ3) is 2.81. The van der Waals surface area contributed by atoms with Crippen molar-refractivity contribution >= 4 is 17.3 Å². The largest absolute Gasteiger partial charge is 0.466 e. The fourth-order valence-electron chi connectivity index (χ4n) is 0.950. The van der Waals surface area contributed by atoms with Crippen molar-refractivity contribution in [3.8, 4) is 0 Å². The molecule has 1 aromatic heterocycles. The Morgan fingerprint density at radius 3 is 2.69 bits per heavy atom. The van der Waals surface area contributed by atoms with E-state index < -0.39 is 0 Å². The second-order valence-electron chi connectivity index (χ2n) is 2.73. The van der Waals surface area contributed by atoms with Gasteiger partial charge < -0.3 is 4.74 Å². The Morgan fingerprint density at radius 2 is 2.23 bits per heavy atom. The first-order chi connectivity index (χ1) is 6.13. The topological polar surface area (TPSA) is 39.2 Å². The highest BCUT2D eigenvalue weighted by atomic mass is 32.1. The maximum absolute atomic E-state index is 11.1. The van der Waals surface area contributed by atoms with Gasteiger partial charge in [0.25, 0.3) is 0 Å². The van der Waals surface area contributed by atoms with Crippen LogP contribution in [0.1, 0.15) is 22.5 Å². The lowest BCUT2D eigenvalue weighted by atomic mass is 10.4. The Labute approximate surface area is 81.8 Å². The van der Waals surface area contributed by atoms with Crippen LogP contribution >= 0.6 is 11.3 Å². The van der Waals surface area contributed by atoms with E-state index in [1.165, 1.54) is 4.88 Å². The van der Waals surface area contributed by atoms with E-state index in [-0.39, 0.29) is 5.97 Å². The van der Waals surface area contributed by atoms with Gasteiger partial charge in [0.15, 0.2) is 0 Å². The van der Waals surface area contributed by atoms with Gasteiger partial charge >= 0.3 is 5.97 Å². The molecule has 0 fully saturated rings. The van der Waals surface area contributed by atoms with Crippen LogP contribution in [-0.4, -0.2) is 17.6 Å². The molecule has 0 saturated carbocycles. The summed E-state index contributed by atoms with van der Waals surface area (Å²) in [4.78, 5) is 16.5. The summed E-state index contributed by atoms with van der Waals surface area (Å²) in [5.41, 5.74) is 1.00. The molecular weight excluding hydrogens is 186 g/mol. The predicted molar refractivity (Wildman–Crippen MR) is 51.9 cm³/mol. The molecule has 0 unspecified atom stereocenters. The van der Waals surface area contributed by atoms with E-state index in [1.807, 2.05) is 13.8 Å². The molecule has 3 nitrogen and oxygen atoms in total. The summed E-state index contributed by atoms with van der Waals surface area (Å²) in [6.45, 7) is 6.18. The van der Waals surface area contributed by atoms with E-state index in [0.29, 0.717) is 13.0 Å². The molecular formula is C9H13NO2S. The SMILES string of the molecule is CCOC(=O)Cc1nc(C)c(C)s1. The van der Waals surface area contributed by atoms with Crippen LogP contribution in [0.2, 0.25) is 0 Å². The van der Waals surface area contributed by atoms with Crippen molar-refractivity contribution < 1.29 is 9.53 Å². The van der Waals surface area contributed by atoms with Crippen molar-refractivity contribution in [3.63, 3.8) is 0 Å². The number of carbonyl (C=O) groups excluding carboxylic acids is 1. The van der Waals surface area contributed by atoms with E-state index in [1.54, 1.807) is 18.3 Å². The van der Waals surface area contributed by atoms with Crippen LogP contribution in [0.3, 0.4) is 0 Å². The molecule has 0 aliphatic carbocycles. The quantitative estimate of drug-likeness (QED) is 0.697. The van der Waals surface area contributed by atoms with Gasteiger partial charge in [-0.25, -0.2) is 4.98 Å². The number of hydrogen-bond acceptors (Lipinski definition) is 4. The standard InChI is InChI=1S/C9H13NO2S/c1-4-12-9(11)5-8-10-6(2)7(3)13-8/h4-5H2,1-3H3. The van der Waals surface area contributed by atoms with Crippen LogP contribution in [0.5, 0.6) is 0 Å². The third-order valence-corrected chi connectivity index (χ3v) is 2.75. The summed E-state index contributed by atoms with van der Waals surface area (Å²) in [5.74, 6) is -0.198. The van der Waals surface area contributed by atoms with E-state index in [4.69, 9.17) is 4.74 Å². The molecule has 13 heavy (non-hydrogen) atoms. The number of aromatic nitrogens is 1. The Morgan fingerprint density at radius 1 is 1.54 bits per heavy atom. The van der Waals surface area contributed by atoms with Crippen molar-refractivity contribution in [3.05, 3.63) is 15.6 Å². The zero-order chi connectivity index (χ0) is 9.84. The van der Waals surface area contributed by atoms with Crippen LogP contribution < -0.4 is 0 Å². The molecule has 0 aromatic carbocycles. The van der Waals surface area contributed by atoms with Gasteiger partial charge in [-0.3, -0.25) is 4.79 Å². The van der Waals surface area contributed by atoms with Gasteiger partial charge in [-0.15, -0.1) is 11.3 Å². The minimum Gasteiger partial charge on any atom is -0.466 e. The number of esters is 1. The number of nitrogens with zero attached hydrogens (tertiary/aromatic N) is 1. The lowest BCUT2D eigenvalue weighted by molar-refractivity contribution is -0.142. The number of thiazole rings is 1. The predicted octanol–water partition coefficient (Wildman–Crippen LogP) is 1.87. The molecule has 1 aromatic rings. The summed E-state index contributed by atoms with van der Waals surface area (Å²) in [6, 6.07) is 0. The highest BCUT2D eigenvalue weighted by Crippen LogP contribution is 2.16. The maximum atomic E-state index is 11.1. The van der Waals surface area contributed by atoms with Crippen molar-refractivity contribution in [2.75, 3.05) is 6.61 Å². The van der Waals surface area contributed by atoms with Crippen molar-refractivity contribution in [2.45, 2.75) is 27.2 Å². The van der Waals surface area contributed by atoms with Gasteiger partial charge in [0, 0.05) is 4.88 Å². The first kappa shape index (κ1) is 10.2. The monoisotopic (exact) mass is 199 g/mol. The van der Waals surface area contributed by atoms with Crippen molar-refractivity contribution in [1.82, 2.24) is 4.98 Å². The minimum atomic E-state index is -0.198.